The normalized spacial score (nSPS) is 18.9. The van der Waals surface area contributed by atoms with Crippen LogP contribution in [0.5, 0.6) is 0 Å². The van der Waals surface area contributed by atoms with Gasteiger partial charge in [-0.3, -0.25) is 4.90 Å². The minimum Gasteiger partial charge on any atom is -0.398 e. The molecule has 1 aromatic rings. The summed E-state index contributed by atoms with van der Waals surface area (Å²) >= 11 is 3.42. The smallest absolute Gasteiger partial charge is 0.0461 e. The minimum atomic E-state index is 0.826. The lowest BCUT2D eigenvalue weighted by Gasteiger charge is -2.32. The Bertz CT molecular complexity index is 359. The molecule has 2 N–H and O–H groups in total. The Morgan fingerprint density at radius 2 is 1.94 bits per heavy atom. The molecule has 0 saturated carbocycles. The maximum Gasteiger partial charge on any atom is 0.0461 e. The number of nitrogens with two attached hydrogens (primary N) is 1. The Hall–Kier alpha value is -0.580. The van der Waals surface area contributed by atoms with Crippen LogP contribution in [0.3, 0.4) is 0 Å². The number of rotatable bonds is 2. The van der Waals surface area contributed by atoms with E-state index in [-0.39, 0.29) is 0 Å². The van der Waals surface area contributed by atoms with E-state index in [0.717, 1.165) is 42.9 Å². The summed E-state index contributed by atoms with van der Waals surface area (Å²) in [5.41, 5.74) is 8.00. The van der Waals surface area contributed by atoms with Crippen LogP contribution >= 0.6 is 15.9 Å². The van der Waals surface area contributed by atoms with E-state index < -0.39 is 0 Å². The number of nitrogens with zero attached hydrogens (tertiary/aromatic N) is 2. The standard InChI is InChI=1S/C12H18BrN3/c1-15-4-6-16(7-5-15)9-10-2-3-11(13)12(14)8-10/h2-3,8H,4-7,9,14H2,1H3. The first-order valence-electron chi connectivity index (χ1n) is 5.60. The van der Waals surface area contributed by atoms with Crippen LogP contribution in [0.1, 0.15) is 5.56 Å². The predicted octanol–water partition coefficient (Wildman–Crippen LogP) is 1.78. The highest BCUT2D eigenvalue weighted by Crippen LogP contribution is 2.21. The second-order valence-electron chi connectivity index (χ2n) is 4.44. The average molecular weight is 284 g/mol. The Kier molecular flexibility index (Phi) is 3.84. The van der Waals surface area contributed by atoms with Crippen LogP contribution in [0.2, 0.25) is 0 Å². The van der Waals surface area contributed by atoms with E-state index >= 15 is 0 Å². The third-order valence-electron chi connectivity index (χ3n) is 3.06. The molecule has 0 radical (unpaired) electrons. The van der Waals surface area contributed by atoms with Gasteiger partial charge in [0, 0.05) is 42.9 Å². The van der Waals surface area contributed by atoms with Crippen LogP contribution < -0.4 is 5.73 Å². The lowest BCUT2D eigenvalue weighted by Crippen LogP contribution is -2.43. The fourth-order valence-corrected chi connectivity index (χ4v) is 2.20. The van der Waals surface area contributed by atoms with Crippen LogP contribution in [-0.2, 0) is 6.54 Å². The van der Waals surface area contributed by atoms with E-state index in [0.29, 0.717) is 0 Å². The van der Waals surface area contributed by atoms with Gasteiger partial charge in [0.1, 0.15) is 0 Å². The van der Waals surface area contributed by atoms with Crippen molar-refractivity contribution >= 4 is 21.6 Å². The number of hydrogen-bond donors (Lipinski definition) is 1. The molecular formula is C12H18BrN3. The van der Waals surface area contributed by atoms with Gasteiger partial charge in [-0.2, -0.15) is 0 Å². The van der Waals surface area contributed by atoms with E-state index in [9.17, 15) is 0 Å². The van der Waals surface area contributed by atoms with Gasteiger partial charge >= 0.3 is 0 Å². The van der Waals surface area contributed by atoms with Crippen molar-refractivity contribution in [3.8, 4) is 0 Å². The number of nitrogen functional groups attached to an aromatic ring is 1. The van der Waals surface area contributed by atoms with Gasteiger partial charge in [-0.15, -0.1) is 0 Å². The number of halogens is 1. The third kappa shape index (κ3) is 2.97. The Labute approximate surface area is 105 Å². The second kappa shape index (κ2) is 5.17. The average Bonchev–Trinajstić information content (AvgIpc) is 2.27. The Morgan fingerprint density at radius 3 is 2.56 bits per heavy atom. The van der Waals surface area contributed by atoms with Crippen molar-refractivity contribution < 1.29 is 0 Å². The largest absolute Gasteiger partial charge is 0.398 e. The van der Waals surface area contributed by atoms with Crippen LogP contribution in [0.4, 0.5) is 5.69 Å². The molecule has 1 aliphatic rings. The fourth-order valence-electron chi connectivity index (χ4n) is 1.96. The van der Waals surface area contributed by atoms with Gasteiger partial charge in [0.2, 0.25) is 0 Å². The Balaban J connectivity index is 1.96. The van der Waals surface area contributed by atoms with Crippen molar-refractivity contribution in [3.05, 3.63) is 28.2 Å². The summed E-state index contributed by atoms with van der Waals surface area (Å²) < 4.78 is 0.981. The summed E-state index contributed by atoms with van der Waals surface area (Å²) in [6, 6.07) is 6.22. The molecule has 0 amide bonds. The van der Waals surface area contributed by atoms with Gasteiger partial charge in [-0.05, 0) is 40.7 Å². The summed E-state index contributed by atoms with van der Waals surface area (Å²) in [6.07, 6.45) is 0. The van der Waals surface area contributed by atoms with Crippen LogP contribution in [0.25, 0.3) is 0 Å². The van der Waals surface area contributed by atoms with Crippen molar-refractivity contribution in [2.45, 2.75) is 6.54 Å². The molecule has 1 saturated heterocycles. The van der Waals surface area contributed by atoms with E-state index in [2.05, 4.69) is 44.9 Å². The number of benzene rings is 1. The van der Waals surface area contributed by atoms with Gasteiger partial charge in [0.25, 0.3) is 0 Å². The van der Waals surface area contributed by atoms with Gasteiger partial charge < -0.3 is 10.6 Å². The van der Waals surface area contributed by atoms with Crippen LogP contribution in [0, 0.1) is 0 Å². The summed E-state index contributed by atoms with van der Waals surface area (Å²) in [4.78, 5) is 4.84. The highest BCUT2D eigenvalue weighted by Gasteiger charge is 2.13. The lowest BCUT2D eigenvalue weighted by molar-refractivity contribution is 0.148. The molecule has 0 aromatic heterocycles. The zero-order valence-electron chi connectivity index (χ0n) is 9.62. The van der Waals surface area contributed by atoms with Crippen molar-refractivity contribution in [2.75, 3.05) is 39.0 Å². The van der Waals surface area contributed by atoms with Gasteiger partial charge in [-0.1, -0.05) is 6.07 Å². The Morgan fingerprint density at radius 1 is 1.25 bits per heavy atom. The van der Waals surface area contributed by atoms with Crippen molar-refractivity contribution in [2.24, 2.45) is 0 Å². The van der Waals surface area contributed by atoms with Crippen LogP contribution in [-0.4, -0.2) is 43.0 Å². The summed E-state index contributed by atoms with van der Waals surface area (Å²) in [7, 11) is 2.18. The zero-order valence-corrected chi connectivity index (χ0v) is 11.2. The molecule has 0 aliphatic carbocycles. The van der Waals surface area contributed by atoms with E-state index in [1.807, 2.05) is 6.07 Å². The zero-order chi connectivity index (χ0) is 11.5. The van der Waals surface area contributed by atoms with Crippen molar-refractivity contribution in [1.82, 2.24) is 9.80 Å². The molecule has 16 heavy (non-hydrogen) atoms. The van der Waals surface area contributed by atoms with E-state index in [1.54, 1.807) is 0 Å². The number of hydrogen-bond acceptors (Lipinski definition) is 3. The minimum absolute atomic E-state index is 0.826. The van der Waals surface area contributed by atoms with E-state index in [4.69, 9.17) is 5.73 Å². The fraction of sp³-hybridized carbons (Fsp3) is 0.500. The highest BCUT2D eigenvalue weighted by atomic mass is 79.9. The maximum atomic E-state index is 5.87. The van der Waals surface area contributed by atoms with Gasteiger partial charge in [0.05, 0.1) is 0 Å². The SMILES string of the molecule is CN1CCN(Cc2ccc(Br)c(N)c2)CC1. The topological polar surface area (TPSA) is 32.5 Å². The molecule has 2 rings (SSSR count). The molecule has 0 bridgehead atoms. The van der Waals surface area contributed by atoms with Crippen LogP contribution in [0.15, 0.2) is 22.7 Å². The van der Waals surface area contributed by atoms with E-state index in [1.165, 1.54) is 5.56 Å². The second-order valence-corrected chi connectivity index (χ2v) is 5.29. The van der Waals surface area contributed by atoms with Gasteiger partial charge in [0.15, 0.2) is 0 Å². The molecule has 0 unspecified atom stereocenters. The highest BCUT2D eigenvalue weighted by molar-refractivity contribution is 9.10. The number of likely N-dealkylation sites (N-methyl/N-ethyl adjacent to an activating group) is 1. The lowest BCUT2D eigenvalue weighted by atomic mass is 10.2. The molecule has 1 aromatic carbocycles. The first kappa shape index (κ1) is 11.9. The molecule has 1 fully saturated rings. The molecule has 1 aliphatic heterocycles. The number of piperazine rings is 1. The first-order valence-corrected chi connectivity index (χ1v) is 6.39. The quantitative estimate of drug-likeness (QED) is 0.840. The molecular weight excluding hydrogens is 266 g/mol. The molecule has 1 heterocycles. The molecule has 88 valence electrons. The first-order chi connectivity index (χ1) is 7.65. The summed E-state index contributed by atoms with van der Waals surface area (Å²) in [5, 5.41) is 0. The number of anilines is 1. The molecule has 0 atom stereocenters. The van der Waals surface area contributed by atoms with Crippen molar-refractivity contribution in [1.29, 1.82) is 0 Å². The monoisotopic (exact) mass is 283 g/mol. The maximum absolute atomic E-state index is 5.87. The third-order valence-corrected chi connectivity index (χ3v) is 3.78. The summed E-state index contributed by atoms with van der Waals surface area (Å²) in [6.45, 7) is 5.61. The molecule has 3 nitrogen and oxygen atoms in total. The molecule has 4 heteroatoms. The molecule has 0 spiro atoms. The van der Waals surface area contributed by atoms with Crippen molar-refractivity contribution in [3.63, 3.8) is 0 Å². The predicted molar refractivity (Wildman–Crippen MR) is 71.3 cm³/mol. The van der Waals surface area contributed by atoms with Gasteiger partial charge in [-0.25, -0.2) is 0 Å². The summed E-state index contributed by atoms with van der Waals surface area (Å²) in [5.74, 6) is 0.